The van der Waals surface area contributed by atoms with Crippen LogP contribution in [0.25, 0.3) is 0 Å². The van der Waals surface area contributed by atoms with Gasteiger partial charge in [-0.05, 0) is 6.42 Å². The highest BCUT2D eigenvalue weighted by molar-refractivity contribution is 5.46. The van der Waals surface area contributed by atoms with Gasteiger partial charge < -0.3 is 5.73 Å². The van der Waals surface area contributed by atoms with Gasteiger partial charge in [-0.3, -0.25) is 0 Å². The molecule has 0 radical (unpaired) electrons. The highest BCUT2D eigenvalue weighted by atomic mass is 14.9. The van der Waals surface area contributed by atoms with E-state index < -0.39 is 0 Å². The van der Waals surface area contributed by atoms with Gasteiger partial charge in [-0.15, -0.1) is 0 Å². The molecule has 0 aliphatic carbocycles. The van der Waals surface area contributed by atoms with Crippen LogP contribution in [0.3, 0.4) is 0 Å². The lowest BCUT2D eigenvalue weighted by Gasteiger charge is -2.06. The van der Waals surface area contributed by atoms with Gasteiger partial charge in [0, 0.05) is 5.92 Å². The van der Waals surface area contributed by atoms with Gasteiger partial charge in [0.15, 0.2) is 0 Å². The molecular weight excluding hydrogens is 164 g/mol. The molecule has 0 saturated carbocycles. The summed E-state index contributed by atoms with van der Waals surface area (Å²) in [7, 11) is 0. The molecule has 4 heteroatoms. The van der Waals surface area contributed by atoms with E-state index in [0.717, 1.165) is 6.42 Å². The second-order valence-corrected chi connectivity index (χ2v) is 2.95. The molecule has 1 aromatic rings. The molecule has 0 bridgehead atoms. The van der Waals surface area contributed by atoms with Crippen molar-refractivity contribution >= 4 is 5.82 Å². The largest absolute Gasteiger partial charge is 0.382 e. The van der Waals surface area contributed by atoms with E-state index in [1.807, 2.05) is 13.0 Å². The minimum atomic E-state index is 0.271. The number of nitrogens with two attached hydrogens (primary N) is 1. The zero-order chi connectivity index (χ0) is 9.84. The highest BCUT2D eigenvalue weighted by Gasteiger charge is 2.08. The lowest BCUT2D eigenvalue weighted by molar-refractivity contribution is 0.679. The summed E-state index contributed by atoms with van der Waals surface area (Å²) in [4.78, 5) is 8.13. The maximum Gasteiger partial charge on any atom is 0.145 e. The molecule has 1 aromatic heterocycles. The molecule has 1 unspecified atom stereocenters. The second kappa shape index (κ2) is 3.85. The Morgan fingerprint density at radius 1 is 1.69 bits per heavy atom. The zero-order valence-corrected chi connectivity index (χ0v) is 7.78. The molecule has 0 saturated heterocycles. The van der Waals surface area contributed by atoms with Crippen LogP contribution in [0.15, 0.2) is 6.20 Å². The number of nitrogen functional groups attached to an aromatic ring is 1. The first-order valence-electron chi connectivity index (χ1n) is 4.21. The number of nitrogens with zero attached hydrogens (tertiary/aromatic N) is 3. The molecule has 0 aromatic carbocycles. The topological polar surface area (TPSA) is 75.6 Å². The van der Waals surface area contributed by atoms with Crippen LogP contribution in [-0.4, -0.2) is 9.97 Å². The van der Waals surface area contributed by atoms with Gasteiger partial charge in [0.05, 0.1) is 6.20 Å². The van der Waals surface area contributed by atoms with Crippen molar-refractivity contribution in [1.82, 2.24) is 9.97 Å². The summed E-state index contributed by atoms with van der Waals surface area (Å²) in [6, 6.07) is 1.93. The smallest absolute Gasteiger partial charge is 0.145 e. The minimum Gasteiger partial charge on any atom is -0.382 e. The van der Waals surface area contributed by atoms with Crippen LogP contribution in [-0.2, 0) is 0 Å². The molecule has 1 rings (SSSR count). The Kier molecular flexibility index (Phi) is 2.80. The maximum absolute atomic E-state index is 8.60. The number of rotatable bonds is 2. The Hall–Kier alpha value is -1.63. The second-order valence-electron chi connectivity index (χ2n) is 2.95. The van der Waals surface area contributed by atoms with Crippen LogP contribution in [0.2, 0.25) is 0 Å². The van der Waals surface area contributed by atoms with Crippen LogP contribution >= 0.6 is 0 Å². The fraction of sp³-hybridized carbons (Fsp3) is 0.444. The fourth-order valence-electron chi connectivity index (χ4n) is 0.915. The molecule has 0 aliphatic heterocycles. The van der Waals surface area contributed by atoms with Crippen LogP contribution in [0.5, 0.6) is 0 Å². The third-order valence-corrected chi connectivity index (χ3v) is 2.01. The number of anilines is 1. The van der Waals surface area contributed by atoms with Gasteiger partial charge in [0.2, 0.25) is 0 Å². The van der Waals surface area contributed by atoms with Crippen LogP contribution in [0, 0.1) is 11.3 Å². The Morgan fingerprint density at radius 3 is 2.85 bits per heavy atom. The molecule has 0 amide bonds. The first-order valence-corrected chi connectivity index (χ1v) is 4.21. The van der Waals surface area contributed by atoms with E-state index in [1.165, 1.54) is 6.20 Å². The Labute approximate surface area is 77.4 Å². The van der Waals surface area contributed by atoms with Crippen molar-refractivity contribution in [2.75, 3.05) is 5.73 Å². The number of hydrogen-bond donors (Lipinski definition) is 1. The van der Waals surface area contributed by atoms with E-state index in [0.29, 0.717) is 11.4 Å². The minimum absolute atomic E-state index is 0.271. The average Bonchev–Trinajstić information content (AvgIpc) is 2.16. The number of hydrogen-bond acceptors (Lipinski definition) is 4. The van der Waals surface area contributed by atoms with Crippen molar-refractivity contribution < 1.29 is 0 Å². The van der Waals surface area contributed by atoms with E-state index in [1.54, 1.807) is 0 Å². The summed E-state index contributed by atoms with van der Waals surface area (Å²) in [6.07, 6.45) is 2.44. The highest BCUT2D eigenvalue weighted by Crippen LogP contribution is 2.16. The van der Waals surface area contributed by atoms with E-state index in [2.05, 4.69) is 16.9 Å². The molecule has 1 atom stereocenters. The molecule has 13 heavy (non-hydrogen) atoms. The van der Waals surface area contributed by atoms with Gasteiger partial charge in [0.25, 0.3) is 0 Å². The predicted molar refractivity (Wildman–Crippen MR) is 49.9 cm³/mol. The van der Waals surface area contributed by atoms with E-state index in [9.17, 15) is 0 Å². The van der Waals surface area contributed by atoms with Crippen LogP contribution in [0.4, 0.5) is 5.82 Å². The fourth-order valence-corrected chi connectivity index (χ4v) is 0.915. The van der Waals surface area contributed by atoms with Crippen molar-refractivity contribution in [3.8, 4) is 6.07 Å². The van der Waals surface area contributed by atoms with Crippen molar-refractivity contribution in [3.05, 3.63) is 17.6 Å². The molecule has 1 heterocycles. The monoisotopic (exact) mass is 176 g/mol. The first kappa shape index (κ1) is 9.46. The summed E-state index contributed by atoms with van der Waals surface area (Å²) in [5, 5.41) is 8.60. The van der Waals surface area contributed by atoms with E-state index >= 15 is 0 Å². The summed E-state index contributed by atoms with van der Waals surface area (Å²) in [5.41, 5.74) is 5.89. The third-order valence-electron chi connectivity index (χ3n) is 2.01. The maximum atomic E-state index is 8.60. The van der Waals surface area contributed by atoms with Crippen molar-refractivity contribution in [3.63, 3.8) is 0 Å². The Morgan fingerprint density at radius 2 is 2.38 bits per heavy atom. The normalized spacial score (nSPS) is 12.1. The van der Waals surface area contributed by atoms with Gasteiger partial charge >= 0.3 is 0 Å². The summed E-state index contributed by atoms with van der Waals surface area (Å²) < 4.78 is 0. The predicted octanol–water partition coefficient (Wildman–Crippen LogP) is 1.44. The molecule has 68 valence electrons. The van der Waals surface area contributed by atoms with Gasteiger partial charge in [-0.2, -0.15) is 5.26 Å². The molecule has 0 aliphatic rings. The van der Waals surface area contributed by atoms with Gasteiger partial charge in [-0.1, -0.05) is 13.8 Å². The lowest BCUT2D eigenvalue weighted by atomic mass is 10.1. The summed E-state index contributed by atoms with van der Waals surface area (Å²) >= 11 is 0. The van der Waals surface area contributed by atoms with Crippen LogP contribution < -0.4 is 5.73 Å². The first-order chi connectivity index (χ1) is 6.19. The van der Waals surface area contributed by atoms with Gasteiger partial charge in [0.1, 0.15) is 23.3 Å². The molecule has 2 N–H and O–H groups in total. The van der Waals surface area contributed by atoms with Crippen molar-refractivity contribution in [1.29, 1.82) is 5.26 Å². The zero-order valence-electron chi connectivity index (χ0n) is 7.78. The number of nitriles is 1. The number of aromatic nitrogens is 2. The standard InChI is InChI=1S/C9H12N4/c1-3-6(2)9-12-5-7(4-10)8(11)13-9/h5-6H,3H2,1-2H3,(H2,11,12,13). The quantitative estimate of drug-likeness (QED) is 0.739. The van der Waals surface area contributed by atoms with Crippen molar-refractivity contribution in [2.24, 2.45) is 0 Å². The lowest BCUT2D eigenvalue weighted by Crippen LogP contribution is -2.04. The molecule has 4 nitrogen and oxygen atoms in total. The third kappa shape index (κ3) is 1.94. The van der Waals surface area contributed by atoms with Gasteiger partial charge in [-0.25, -0.2) is 9.97 Å². The van der Waals surface area contributed by atoms with Crippen LogP contribution in [0.1, 0.15) is 37.6 Å². The Balaban J connectivity index is 3.04. The van der Waals surface area contributed by atoms with E-state index in [4.69, 9.17) is 11.0 Å². The molecule has 0 fully saturated rings. The Bertz CT molecular complexity index is 340. The van der Waals surface area contributed by atoms with Crippen molar-refractivity contribution in [2.45, 2.75) is 26.2 Å². The molecule has 0 spiro atoms. The molecular formula is C9H12N4. The SMILES string of the molecule is CCC(C)c1ncc(C#N)c(N)n1. The summed E-state index contributed by atoms with van der Waals surface area (Å²) in [6.45, 7) is 4.09. The summed E-state index contributed by atoms with van der Waals surface area (Å²) in [5.74, 6) is 1.27. The van der Waals surface area contributed by atoms with E-state index in [-0.39, 0.29) is 11.7 Å². The average molecular weight is 176 g/mol.